The number of nitrogens with zero attached hydrogens (tertiary/aromatic N) is 2. The highest BCUT2D eigenvalue weighted by Crippen LogP contribution is 2.25. The van der Waals surface area contributed by atoms with Crippen molar-refractivity contribution < 1.29 is 9.59 Å². The smallest absolute Gasteiger partial charge is 0.274 e. The molecule has 0 aliphatic rings. The van der Waals surface area contributed by atoms with Crippen LogP contribution in [0.25, 0.3) is 11.4 Å². The summed E-state index contributed by atoms with van der Waals surface area (Å²) in [6, 6.07) is 10.1. The van der Waals surface area contributed by atoms with Crippen molar-refractivity contribution in [2.45, 2.75) is 6.92 Å². The van der Waals surface area contributed by atoms with Crippen LogP contribution in [-0.4, -0.2) is 26.8 Å². The van der Waals surface area contributed by atoms with Crippen LogP contribution in [0.4, 0.5) is 5.69 Å². The summed E-state index contributed by atoms with van der Waals surface area (Å²) in [4.78, 5) is 35.0. The number of hydrogen-bond donors (Lipinski definition) is 3. The molecule has 0 spiro atoms. The lowest BCUT2D eigenvalue weighted by Crippen LogP contribution is -2.17. The second-order valence-electron chi connectivity index (χ2n) is 5.21. The summed E-state index contributed by atoms with van der Waals surface area (Å²) in [6.07, 6.45) is 3.09. The lowest BCUT2D eigenvalue weighted by Gasteiger charge is -2.09. The zero-order valence-corrected chi connectivity index (χ0v) is 12.9. The number of hydrogen-bond acceptors (Lipinski definition) is 4. The van der Waals surface area contributed by atoms with Crippen LogP contribution in [0.3, 0.4) is 0 Å². The number of nitrogens with two attached hydrogens (primary N) is 1. The van der Waals surface area contributed by atoms with Crippen molar-refractivity contribution in [2.24, 2.45) is 5.73 Å². The molecule has 0 aliphatic heterocycles. The number of H-pyrrole nitrogens is 1. The number of aryl methyl sites for hydroxylation is 1. The standard InChI is InChI=1S/C17H15N5O2/c1-10-9-20-16(21-10)12-4-2-3-5-13(12)22-17(24)14-8-11(15(18)23)6-7-19-14/h2-9H,1H3,(H2,18,23)(H,20,21)(H,22,24). The van der Waals surface area contributed by atoms with E-state index in [9.17, 15) is 9.59 Å². The van der Waals surface area contributed by atoms with Crippen molar-refractivity contribution in [3.8, 4) is 11.4 Å². The molecule has 0 atom stereocenters. The first-order chi connectivity index (χ1) is 11.5. The van der Waals surface area contributed by atoms with Gasteiger partial charge < -0.3 is 16.0 Å². The van der Waals surface area contributed by atoms with E-state index in [-0.39, 0.29) is 11.3 Å². The Morgan fingerprint density at radius 2 is 1.96 bits per heavy atom. The molecule has 0 bridgehead atoms. The Hall–Kier alpha value is -3.48. The zero-order valence-electron chi connectivity index (χ0n) is 12.9. The molecule has 1 aromatic carbocycles. The van der Waals surface area contributed by atoms with Crippen LogP contribution in [-0.2, 0) is 0 Å². The highest BCUT2D eigenvalue weighted by atomic mass is 16.2. The quantitative estimate of drug-likeness (QED) is 0.683. The molecule has 24 heavy (non-hydrogen) atoms. The van der Waals surface area contributed by atoms with Gasteiger partial charge in [0.25, 0.3) is 5.91 Å². The first kappa shape index (κ1) is 15.4. The van der Waals surface area contributed by atoms with E-state index in [1.807, 2.05) is 25.1 Å². The van der Waals surface area contributed by atoms with Crippen molar-refractivity contribution >= 4 is 17.5 Å². The van der Waals surface area contributed by atoms with Gasteiger partial charge in [-0.3, -0.25) is 14.6 Å². The molecule has 7 heteroatoms. The molecule has 2 amide bonds. The molecule has 3 aromatic rings. The monoisotopic (exact) mass is 321 g/mol. The van der Waals surface area contributed by atoms with Crippen molar-refractivity contribution in [1.29, 1.82) is 0 Å². The van der Waals surface area contributed by atoms with E-state index >= 15 is 0 Å². The van der Waals surface area contributed by atoms with Gasteiger partial charge in [0.15, 0.2) is 0 Å². The Bertz CT molecular complexity index is 917. The lowest BCUT2D eigenvalue weighted by atomic mass is 10.1. The Kier molecular flexibility index (Phi) is 4.07. The zero-order chi connectivity index (χ0) is 17.1. The van der Waals surface area contributed by atoms with Gasteiger partial charge in [-0.15, -0.1) is 0 Å². The number of para-hydroxylation sites is 1. The van der Waals surface area contributed by atoms with E-state index in [2.05, 4.69) is 20.3 Å². The summed E-state index contributed by atoms with van der Waals surface area (Å²) in [5.41, 5.74) is 7.82. The Balaban J connectivity index is 1.90. The number of nitrogens with one attached hydrogen (secondary N) is 2. The van der Waals surface area contributed by atoms with Gasteiger partial charge in [-0.2, -0.15) is 0 Å². The van der Waals surface area contributed by atoms with Crippen molar-refractivity contribution in [3.05, 3.63) is 65.7 Å². The van der Waals surface area contributed by atoms with Crippen LogP contribution in [0, 0.1) is 6.92 Å². The summed E-state index contributed by atoms with van der Waals surface area (Å²) in [7, 11) is 0. The van der Waals surface area contributed by atoms with E-state index < -0.39 is 11.8 Å². The van der Waals surface area contributed by atoms with Gasteiger partial charge in [-0.25, -0.2) is 4.98 Å². The van der Waals surface area contributed by atoms with Gasteiger partial charge in [0.2, 0.25) is 5.91 Å². The van der Waals surface area contributed by atoms with Gasteiger partial charge in [0.05, 0.1) is 5.69 Å². The van der Waals surface area contributed by atoms with E-state index in [0.717, 1.165) is 11.3 Å². The molecule has 2 heterocycles. The molecule has 4 N–H and O–H groups in total. The van der Waals surface area contributed by atoms with E-state index in [1.54, 1.807) is 12.3 Å². The Morgan fingerprint density at radius 3 is 2.67 bits per heavy atom. The molecule has 0 unspecified atom stereocenters. The van der Waals surface area contributed by atoms with Crippen LogP contribution in [0.2, 0.25) is 0 Å². The number of rotatable bonds is 4. The molecule has 0 fully saturated rings. The normalized spacial score (nSPS) is 10.4. The molecule has 0 radical (unpaired) electrons. The number of imidazole rings is 1. The van der Waals surface area contributed by atoms with Gasteiger partial charge in [0.1, 0.15) is 11.5 Å². The number of anilines is 1. The lowest BCUT2D eigenvalue weighted by molar-refractivity contribution is 0.1000. The van der Waals surface area contributed by atoms with Gasteiger partial charge in [-0.1, -0.05) is 12.1 Å². The summed E-state index contributed by atoms with van der Waals surface area (Å²) < 4.78 is 0. The van der Waals surface area contributed by atoms with Crippen molar-refractivity contribution in [2.75, 3.05) is 5.32 Å². The van der Waals surface area contributed by atoms with Crippen LogP contribution >= 0.6 is 0 Å². The molecule has 120 valence electrons. The number of benzene rings is 1. The third kappa shape index (κ3) is 3.14. The number of primary amides is 1. The number of carbonyl (C=O) groups is 2. The van der Waals surface area contributed by atoms with Gasteiger partial charge >= 0.3 is 0 Å². The number of aromatic nitrogens is 3. The molecular weight excluding hydrogens is 306 g/mol. The minimum atomic E-state index is -0.613. The van der Waals surface area contributed by atoms with Gasteiger partial charge in [0, 0.05) is 29.2 Å². The maximum Gasteiger partial charge on any atom is 0.274 e. The largest absolute Gasteiger partial charge is 0.366 e. The fourth-order valence-corrected chi connectivity index (χ4v) is 2.24. The number of pyridine rings is 1. The molecule has 0 aliphatic carbocycles. The average molecular weight is 321 g/mol. The van der Waals surface area contributed by atoms with E-state index in [4.69, 9.17) is 5.73 Å². The number of aromatic amines is 1. The fourth-order valence-electron chi connectivity index (χ4n) is 2.24. The first-order valence-corrected chi connectivity index (χ1v) is 7.23. The predicted octanol–water partition coefficient (Wildman–Crippen LogP) is 2.13. The van der Waals surface area contributed by atoms with E-state index in [1.165, 1.54) is 18.3 Å². The molecule has 0 saturated heterocycles. The third-order valence-corrected chi connectivity index (χ3v) is 3.41. The van der Waals surface area contributed by atoms with Gasteiger partial charge in [-0.05, 0) is 31.2 Å². The third-order valence-electron chi connectivity index (χ3n) is 3.41. The minimum absolute atomic E-state index is 0.108. The maximum absolute atomic E-state index is 12.4. The average Bonchev–Trinajstić information content (AvgIpc) is 3.01. The number of carbonyl (C=O) groups excluding carboxylic acids is 2. The molecule has 7 nitrogen and oxygen atoms in total. The Labute approximate surface area is 138 Å². The second-order valence-corrected chi connectivity index (χ2v) is 5.21. The fraction of sp³-hybridized carbons (Fsp3) is 0.0588. The van der Waals surface area contributed by atoms with Crippen molar-refractivity contribution in [3.63, 3.8) is 0 Å². The maximum atomic E-state index is 12.4. The summed E-state index contributed by atoms with van der Waals surface area (Å²) >= 11 is 0. The van der Waals surface area contributed by atoms with Crippen LogP contribution in [0.15, 0.2) is 48.8 Å². The van der Waals surface area contributed by atoms with Crippen LogP contribution < -0.4 is 11.1 Å². The molecule has 3 rings (SSSR count). The number of amides is 2. The SMILES string of the molecule is Cc1cnc(-c2ccccc2NC(=O)c2cc(C(N)=O)ccn2)[nH]1. The molecule has 2 aromatic heterocycles. The topological polar surface area (TPSA) is 114 Å². The summed E-state index contributed by atoms with van der Waals surface area (Å²) in [6.45, 7) is 1.90. The summed E-state index contributed by atoms with van der Waals surface area (Å²) in [5.74, 6) is -0.394. The van der Waals surface area contributed by atoms with E-state index in [0.29, 0.717) is 11.5 Å². The predicted molar refractivity (Wildman–Crippen MR) is 89.5 cm³/mol. The summed E-state index contributed by atoms with van der Waals surface area (Å²) in [5, 5.41) is 2.79. The second kappa shape index (κ2) is 6.33. The highest BCUT2D eigenvalue weighted by molar-refractivity contribution is 6.06. The van der Waals surface area contributed by atoms with Crippen LogP contribution in [0.5, 0.6) is 0 Å². The Morgan fingerprint density at radius 1 is 1.17 bits per heavy atom. The first-order valence-electron chi connectivity index (χ1n) is 7.23. The van der Waals surface area contributed by atoms with Crippen LogP contribution in [0.1, 0.15) is 26.5 Å². The van der Waals surface area contributed by atoms with Crippen molar-refractivity contribution in [1.82, 2.24) is 15.0 Å². The highest BCUT2D eigenvalue weighted by Gasteiger charge is 2.14. The molecule has 0 saturated carbocycles. The molecular formula is C17H15N5O2. The minimum Gasteiger partial charge on any atom is -0.366 e.